The van der Waals surface area contributed by atoms with Crippen LogP contribution in [-0.2, 0) is 11.3 Å². The third-order valence-electron chi connectivity index (χ3n) is 3.46. The van der Waals surface area contributed by atoms with Gasteiger partial charge in [0, 0.05) is 33.1 Å². The van der Waals surface area contributed by atoms with Gasteiger partial charge in [0.1, 0.15) is 0 Å². The van der Waals surface area contributed by atoms with Crippen LogP contribution in [0.3, 0.4) is 0 Å². The summed E-state index contributed by atoms with van der Waals surface area (Å²) in [5.74, 6) is 1.62. The standard InChI is InChI=1S/C16H24N4O/c1-17-16(20-12-14-7-8-14)18-10-9-15(21)19-11-13-5-3-2-4-6-13/h2-6,14H,7-12H2,1H3,(H,19,21)(H2,17,18,20). The zero-order chi connectivity index (χ0) is 14.9. The van der Waals surface area contributed by atoms with E-state index in [1.807, 2.05) is 30.3 Å². The Kier molecular flexibility index (Phi) is 6.06. The number of guanidine groups is 1. The zero-order valence-electron chi connectivity index (χ0n) is 12.6. The van der Waals surface area contributed by atoms with Gasteiger partial charge in [-0.15, -0.1) is 0 Å². The molecule has 0 unspecified atom stereocenters. The Morgan fingerprint density at radius 1 is 1.19 bits per heavy atom. The number of carbonyl (C=O) groups excluding carboxylic acids is 1. The predicted octanol–water partition coefficient (Wildman–Crippen LogP) is 1.27. The van der Waals surface area contributed by atoms with Gasteiger partial charge >= 0.3 is 0 Å². The van der Waals surface area contributed by atoms with Gasteiger partial charge < -0.3 is 16.0 Å². The van der Waals surface area contributed by atoms with Crippen molar-refractivity contribution in [3.8, 4) is 0 Å². The minimum atomic E-state index is 0.0454. The molecule has 21 heavy (non-hydrogen) atoms. The highest BCUT2D eigenvalue weighted by Crippen LogP contribution is 2.27. The number of hydrogen-bond acceptors (Lipinski definition) is 2. The second kappa shape index (κ2) is 8.29. The molecule has 1 aliphatic carbocycles. The Morgan fingerprint density at radius 3 is 2.62 bits per heavy atom. The first-order valence-electron chi connectivity index (χ1n) is 7.53. The molecule has 2 rings (SSSR count). The van der Waals surface area contributed by atoms with E-state index >= 15 is 0 Å². The summed E-state index contributed by atoms with van der Waals surface area (Å²) >= 11 is 0. The van der Waals surface area contributed by atoms with Crippen LogP contribution < -0.4 is 16.0 Å². The number of rotatable bonds is 7. The lowest BCUT2D eigenvalue weighted by molar-refractivity contribution is -0.121. The average molecular weight is 288 g/mol. The molecule has 114 valence electrons. The molecule has 0 aliphatic heterocycles. The maximum atomic E-state index is 11.8. The number of aliphatic imine (C=N–C) groups is 1. The monoisotopic (exact) mass is 288 g/mol. The Morgan fingerprint density at radius 2 is 1.95 bits per heavy atom. The summed E-state index contributed by atoms with van der Waals surface area (Å²) < 4.78 is 0. The van der Waals surface area contributed by atoms with E-state index < -0.39 is 0 Å². The minimum absolute atomic E-state index is 0.0454. The van der Waals surface area contributed by atoms with Crippen molar-refractivity contribution >= 4 is 11.9 Å². The van der Waals surface area contributed by atoms with Crippen LogP contribution in [0, 0.1) is 5.92 Å². The number of nitrogens with zero attached hydrogens (tertiary/aromatic N) is 1. The Labute approximate surface area is 126 Å². The Balaban J connectivity index is 1.57. The summed E-state index contributed by atoms with van der Waals surface area (Å²) in [6.45, 7) is 2.14. The van der Waals surface area contributed by atoms with Gasteiger partial charge in [-0.05, 0) is 24.3 Å². The van der Waals surface area contributed by atoms with Crippen LogP contribution in [0.5, 0.6) is 0 Å². The molecular formula is C16H24N4O. The molecule has 5 nitrogen and oxygen atoms in total. The molecule has 0 radical (unpaired) electrons. The minimum Gasteiger partial charge on any atom is -0.356 e. The molecule has 0 saturated heterocycles. The SMILES string of the molecule is CN=C(NCCC(=O)NCc1ccccc1)NCC1CC1. The van der Waals surface area contributed by atoms with Gasteiger partial charge in [0.2, 0.25) is 5.91 Å². The molecule has 5 heteroatoms. The van der Waals surface area contributed by atoms with E-state index in [0.717, 1.165) is 24.0 Å². The van der Waals surface area contributed by atoms with Gasteiger partial charge in [-0.1, -0.05) is 30.3 Å². The fourth-order valence-electron chi connectivity index (χ4n) is 1.96. The summed E-state index contributed by atoms with van der Waals surface area (Å²) in [6.07, 6.45) is 3.06. The van der Waals surface area contributed by atoms with E-state index in [4.69, 9.17) is 0 Å². The number of benzene rings is 1. The lowest BCUT2D eigenvalue weighted by Crippen LogP contribution is -2.40. The predicted molar refractivity (Wildman–Crippen MR) is 85.0 cm³/mol. The highest BCUT2D eigenvalue weighted by Gasteiger charge is 2.20. The van der Waals surface area contributed by atoms with E-state index in [0.29, 0.717) is 19.5 Å². The molecule has 1 aliphatic rings. The lowest BCUT2D eigenvalue weighted by Gasteiger charge is -2.11. The Bertz CT molecular complexity index is 468. The topological polar surface area (TPSA) is 65.5 Å². The first-order valence-corrected chi connectivity index (χ1v) is 7.53. The van der Waals surface area contributed by atoms with Crippen molar-refractivity contribution < 1.29 is 4.79 Å². The third kappa shape index (κ3) is 6.29. The number of hydrogen-bond donors (Lipinski definition) is 3. The molecule has 3 N–H and O–H groups in total. The number of amides is 1. The fourth-order valence-corrected chi connectivity index (χ4v) is 1.96. The van der Waals surface area contributed by atoms with Crippen molar-refractivity contribution in [2.45, 2.75) is 25.8 Å². The van der Waals surface area contributed by atoms with Gasteiger partial charge in [0.25, 0.3) is 0 Å². The molecule has 0 bridgehead atoms. The third-order valence-corrected chi connectivity index (χ3v) is 3.46. The van der Waals surface area contributed by atoms with Crippen LogP contribution in [0.1, 0.15) is 24.8 Å². The molecule has 1 amide bonds. The highest BCUT2D eigenvalue weighted by atomic mass is 16.1. The van der Waals surface area contributed by atoms with Crippen molar-refractivity contribution in [3.05, 3.63) is 35.9 Å². The maximum absolute atomic E-state index is 11.8. The van der Waals surface area contributed by atoms with E-state index in [2.05, 4.69) is 20.9 Å². The van der Waals surface area contributed by atoms with Crippen LogP contribution in [0.2, 0.25) is 0 Å². The van der Waals surface area contributed by atoms with Gasteiger partial charge in [-0.25, -0.2) is 0 Å². The van der Waals surface area contributed by atoms with Gasteiger partial charge in [-0.2, -0.15) is 0 Å². The van der Waals surface area contributed by atoms with Crippen molar-refractivity contribution in [1.29, 1.82) is 0 Å². The Hall–Kier alpha value is -2.04. The van der Waals surface area contributed by atoms with Crippen LogP contribution in [0.25, 0.3) is 0 Å². The molecule has 0 atom stereocenters. The van der Waals surface area contributed by atoms with Gasteiger partial charge in [-0.3, -0.25) is 9.79 Å². The summed E-state index contributed by atoms with van der Waals surface area (Å²) in [6, 6.07) is 9.91. The molecule has 1 saturated carbocycles. The first kappa shape index (κ1) is 15.4. The second-order valence-electron chi connectivity index (χ2n) is 5.34. The quantitative estimate of drug-likeness (QED) is 0.523. The normalized spacial score (nSPS) is 14.6. The largest absolute Gasteiger partial charge is 0.356 e. The molecule has 1 fully saturated rings. The van der Waals surface area contributed by atoms with Crippen LogP contribution in [0.15, 0.2) is 35.3 Å². The zero-order valence-corrected chi connectivity index (χ0v) is 12.6. The molecule has 0 spiro atoms. The average Bonchev–Trinajstić information content (AvgIpc) is 3.34. The van der Waals surface area contributed by atoms with Crippen molar-refractivity contribution in [2.75, 3.05) is 20.1 Å². The maximum Gasteiger partial charge on any atom is 0.222 e. The van der Waals surface area contributed by atoms with Crippen LogP contribution in [0.4, 0.5) is 0 Å². The van der Waals surface area contributed by atoms with Crippen LogP contribution >= 0.6 is 0 Å². The van der Waals surface area contributed by atoms with Crippen molar-refractivity contribution in [1.82, 2.24) is 16.0 Å². The molecule has 0 aromatic heterocycles. The smallest absolute Gasteiger partial charge is 0.222 e. The summed E-state index contributed by atoms with van der Waals surface area (Å²) in [5, 5.41) is 9.34. The fraction of sp³-hybridized carbons (Fsp3) is 0.500. The van der Waals surface area contributed by atoms with Gasteiger partial charge in [0.15, 0.2) is 5.96 Å². The van der Waals surface area contributed by atoms with E-state index in [1.54, 1.807) is 7.05 Å². The van der Waals surface area contributed by atoms with Crippen LogP contribution in [-0.4, -0.2) is 32.0 Å². The summed E-state index contributed by atoms with van der Waals surface area (Å²) in [5.41, 5.74) is 1.11. The second-order valence-corrected chi connectivity index (χ2v) is 5.34. The van der Waals surface area contributed by atoms with Crippen molar-refractivity contribution in [3.63, 3.8) is 0 Å². The number of nitrogens with one attached hydrogen (secondary N) is 3. The molecule has 1 aromatic carbocycles. The van der Waals surface area contributed by atoms with E-state index in [9.17, 15) is 4.79 Å². The first-order chi connectivity index (χ1) is 10.3. The summed E-state index contributed by atoms with van der Waals surface area (Å²) in [7, 11) is 1.75. The molecular weight excluding hydrogens is 264 g/mol. The summed E-state index contributed by atoms with van der Waals surface area (Å²) in [4.78, 5) is 15.9. The highest BCUT2D eigenvalue weighted by molar-refractivity contribution is 5.81. The van der Waals surface area contributed by atoms with Gasteiger partial charge in [0.05, 0.1) is 0 Å². The van der Waals surface area contributed by atoms with E-state index in [1.165, 1.54) is 12.8 Å². The molecule has 0 heterocycles. The molecule has 1 aromatic rings. The number of carbonyl (C=O) groups is 1. The van der Waals surface area contributed by atoms with Crippen molar-refractivity contribution in [2.24, 2.45) is 10.9 Å². The van der Waals surface area contributed by atoms with E-state index in [-0.39, 0.29) is 5.91 Å². The lowest BCUT2D eigenvalue weighted by atomic mass is 10.2.